The van der Waals surface area contributed by atoms with Gasteiger partial charge in [-0.1, -0.05) is 55.9 Å². The van der Waals surface area contributed by atoms with Gasteiger partial charge in [0, 0.05) is 21.9 Å². The molecule has 0 aliphatic carbocycles. The van der Waals surface area contributed by atoms with Gasteiger partial charge in [0.2, 0.25) is 5.91 Å². The van der Waals surface area contributed by atoms with Crippen LogP contribution in [0.25, 0.3) is 11.4 Å². The summed E-state index contributed by atoms with van der Waals surface area (Å²) in [5.41, 5.74) is 2.19. The molecule has 1 N–H and O–H groups in total. The van der Waals surface area contributed by atoms with E-state index < -0.39 is 0 Å². The lowest BCUT2D eigenvalue weighted by Gasteiger charge is -2.15. The highest BCUT2D eigenvalue weighted by Crippen LogP contribution is 2.32. The van der Waals surface area contributed by atoms with Crippen LogP contribution in [0.2, 0.25) is 0 Å². The normalized spacial score (nSPS) is 12.5. The summed E-state index contributed by atoms with van der Waals surface area (Å²) in [6, 6.07) is 12.4. The summed E-state index contributed by atoms with van der Waals surface area (Å²) < 4.78 is 2.12. The van der Waals surface area contributed by atoms with Crippen molar-refractivity contribution in [3.63, 3.8) is 0 Å². The van der Waals surface area contributed by atoms with E-state index in [1.807, 2.05) is 37.3 Å². The van der Waals surface area contributed by atoms with Crippen LogP contribution >= 0.6 is 23.1 Å². The molecule has 1 unspecified atom stereocenters. The molecule has 0 fully saturated rings. The van der Waals surface area contributed by atoms with Crippen molar-refractivity contribution in [1.29, 1.82) is 0 Å². The highest BCUT2D eigenvalue weighted by Gasteiger charge is 2.19. The number of carbonyl (C=O) groups excluding carboxylic acids is 1. The number of benzene rings is 1. The molecule has 0 aliphatic heterocycles. The number of hydrogen-bond acceptors (Lipinski definition) is 5. The smallest absolute Gasteiger partial charge is 0.230 e. The van der Waals surface area contributed by atoms with Crippen LogP contribution in [0.4, 0.5) is 0 Å². The fourth-order valence-electron chi connectivity index (χ4n) is 3.05. The predicted molar refractivity (Wildman–Crippen MR) is 122 cm³/mol. The maximum atomic E-state index is 12.4. The van der Waals surface area contributed by atoms with Crippen LogP contribution in [-0.2, 0) is 4.79 Å². The number of aromatic nitrogens is 3. The molecule has 0 saturated heterocycles. The minimum absolute atomic E-state index is 0.0103. The first kappa shape index (κ1) is 21.6. The Morgan fingerprint density at radius 3 is 2.48 bits per heavy atom. The quantitative estimate of drug-likeness (QED) is 0.469. The predicted octanol–water partition coefficient (Wildman–Crippen LogP) is 5.68. The standard InChI is InChI=1S/C22H28N4OS2/c1-14(2)19-11-18(12-28-19)21-24-25-22(26(21)15(3)4)29-13-20(27)23-16(5)17-9-7-6-8-10-17/h6-12,14-16H,13H2,1-5H3,(H,23,27). The molecule has 0 aliphatic rings. The second kappa shape index (κ2) is 9.59. The van der Waals surface area contributed by atoms with Crippen LogP contribution in [0.1, 0.15) is 63.1 Å². The Morgan fingerprint density at radius 2 is 1.86 bits per heavy atom. The molecule has 1 aromatic carbocycles. The van der Waals surface area contributed by atoms with Crippen LogP contribution < -0.4 is 5.32 Å². The van der Waals surface area contributed by atoms with Crippen molar-refractivity contribution in [2.75, 3.05) is 5.75 Å². The zero-order valence-electron chi connectivity index (χ0n) is 17.5. The Labute approximate surface area is 180 Å². The molecule has 0 radical (unpaired) electrons. The van der Waals surface area contributed by atoms with Gasteiger partial charge in [-0.05, 0) is 38.3 Å². The molecule has 1 amide bonds. The van der Waals surface area contributed by atoms with Gasteiger partial charge in [-0.25, -0.2) is 0 Å². The van der Waals surface area contributed by atoms with E-state index in [0.717, 1.165) is 22.1 Å². The fourth-order valence-corrected chi connectivity index (χ4v) is 4.83. The van der Waals surface area contributed by atoms with Gasteiger partial charge < -0.3 is 5.32 Å². The number of hydrogen-bond donors (Lipinski definition) is 1. The average Bonchev–Trinajstić information content (AvgIpc) is 3.34. The van der Waals surface area contributed by atoms with E-state index in [1.54, 1.807) is 11.3 Å². The third-order valence-electron chi connectivity index (χ3n) is 4.64. The SMILES string of the molecule is CC(C)c1cc(-c2nnc(SCC(=O)NC(C)c3ccccc3)n2C(C)C)cs1. The lowest BCUT2D eigenvalue weighted by Crippen LogP contribution is -2.28. The van der Waals surface area contributed by atoms with Crippen molar-refractivity contribution in [3.05, 3.63) is 52.2 Å². The van der Waals surface area contributed by atoms with Crippen LogP contribution in [0.15, 0.2) is 46.9 Å². The Morgan fingerprint density at radius 1 is 1.14 bits per heavy atom. The lowest BCUT2D eigenvalue weighted by atomic mass is 10.1. The highest BCUT2D eigenvalue weighted by molar-refractivity contribution is 7.99. The summed E-state index contributed by atoms with van der Waals surface area (Å²) in [5.74, 6) is 1.66. The summed E-state index contributed by atoms with van der Waals surface area (Å²) in [4.78, 5) is 13.8. The summed E-state index contributed by atoms with van der Waals surface area (Å²) in [6.07, 6.45) is 0. The first-order valence-electron chi connectivity index (χ1n) is 9.87. The molecule has 2 heterocycles. The number of nitrogens with zero attached hydrogens (tertiary/aromatic N) is 3. The Kier molecular flexibility index (Phi) is 7.14. The fraction of sp³-hybridized carbons (Fsp3) is 0.409. The Bertz CT molecular complexity index is 947. The number of nitrogens with one attached hydrogen (secondary N) is 1. The average molecular weight is 429 g/mol. The van der Waals surface area contributed by atoms with Crippen LogP contribution in [0, 0.1) is 0 Å². The number of carbonyl (C=O) groups is 1. The molecule has 0 bridgehead atoms. The molecule has 1 atom stereocenters. The van der Waals surface area contributed by atoms with Crippen LogP contribution in [-0.4, -0.2) is 26.4 Å². The van der Waals surface area contributed by atoms with Crippen LogP contribution in [0.5, 0.6) is 0 Å². The summed E-state index contributed by atoms with van der Waals surface area (Å²) in [5, 5.41) is 14.8. The third-order valence-corrected chi connectivity index (χ3v) is 6.81. The lowest BCUT2D eigenvalue weighted by molar-refractivity contribution is -0.119. The topological polar surface area (TPSA) is 59.8 Å². The van der Waals surface area contributed by atoms with Gasteiger partial charge in [0.1, 0.15) is 0 Å². The first-order valence-corrected chi connectivity index (χ1v) is 11.7. The van der Waals surface area contributed by atoms with Gasteiger partial charge in [-0.15, -0.1) is 21.5 Å². The molecule has 0 saturated carbocycles. The molecule has 5 nitrogen and oxygen atoms in total. The van der Waals surface area contributed by atoms with E-state index in [9.17, 15) is 4.79 Å². The first-order chi connectivity index (χ1) is 13.9. The second-order valence-corrected chi connectivity index (χ2v) is 9.54. The van der Waals surface area contributed by atoms with E-state index in [0.29, 0.717) is 11.7 Å². The monoisotopic (exact) mass is 428 g/mol. The molecule has 154 valence electrons. The van der Waals surface area contributed by atoms with Gasteiger partial charge in [0.05, 0.1) is 11.8 Å². The maximum Gasteiger partial charge on any atom is 0.230 e. The number of rotatable bonds is 8. The zero-order chi connectivity index (χ0) is 21.0. The molecule has 29 heavy (non-hydrogen) atoms. The molecular weight excluding hydrogens is 400 g/mol. The van der Waals surface area contributed by atoms with Crippen molar-refractivity contribution in [3.8, 4) is 11.4 Å². The van der Waals surface area contributed by atoms with Crippen LogP contribution in [0.3, 0.4) is 0 Å². The van der Waals surface area contributed by atoms with Gasteiger partial charge in [-0.2, -0.15) is 0 Å². The molecule has 3 rings (SSSR count). The van der Waals surface area contributed by atoms with Gasteiger partial charge >= 0.3 is 0 Å². The Balaban J connectivity index is 1.69. The van der Waals surface area contributed by atoms with E-state index in [-0.39, 0.29) is 18.0 Å². The molecule has 7 heteroatoms. The number of thiophene rings is 1. The van der Waals surface area contributed by atoms with E-state index in [2.05, 4.69) is 59.2 Å². The minimum Gasteiger partial charge on any atom is -0.349 e. The van der Waals surface area contributed by atoms with Gasteiger partial charge in [0.15, 0.2) is 11.0 Å². The van der Waals surface area contributed by atoms with Crippen molar-refractivity contribution < 1.29 is 4.79 Å². The van der Waals surface area contributed by atoms with Crippen molar-refractivity contribution in [2.45, 2.75) is 57.8 Å². The van der Waals surface area contributed by atoms with Crippen molar-refractivity contribution >= 4 is 29.0 Å². The summed E-state index contributed by atoms with van der Waals surface area (Å²) in [7, 11) is 0. The second-order valence-electron chi connectivity index (χ2n) is 7.65. The van der Waals surface area contributed by atoms with Gasteiger partial charge in [-0.3, -0.25) is 9.36 Å². The zero-order valence-corrected chi connectivity index (χ0v) is 19.2. The van der Waals surface area contributed by atoms with Gasteiger partial charge in [0.25, 0.3) is 0 Å². The minimum atomic E-state index is -0.0249. The number of amides is 1. The van der Waals surface area contributed by atoms with E-state index >= 15 is 0 Å². The molecule has 3 aromatic rings. The molecule has 0 spiro atoms. The largest absolute Gasteiger partial charge is 0.349 e. The van der Waals surface area contributed by atoms with Crippen molar-refractivity contribution in [2.24, 2.45) is 0 Å². The van der Waals surface area contributed by atoms with E-state index in [4.69, 9.17) is 0 Å². The summed E-state index contributed by atoms with van der Waals surface area (Å²) in [6.45, 7) is 10.6. The maximum absolute atomic E-state index is 12.4. The third kappa shape index (κ3) is 5.28. The van der Waals surface area contributed by atoms with E-state index in [1.165, 1.54) is 16.6 Å². The molecule has 2 aromatic heterocycles. The Hall–Kier alpha value is -2.12. The molecular formula is C22H28N4OS2. The highest BCUT2D eigenvalue weighted by atomic mass is 32.2. The number of thioether (sulfide) groups is 1. The van der Waals surface area contributed by atoms with Crippen molar-refractivity contribution in [1.82, 2.24) is 20.1 Å². The summed E-state index contributed by atoms with van der Waals surface area (Å²) >= 11 is 3.18.